The van der Waals surface area contributed by atoms with Gasteiger partial charge in [0.25, 0.3) is 0 Å². The molecule has 0 heterocycles. The van der Waals surface area contributed by atoms with Crippen LogP contribution in [0.1, 0.15) is 187 Å². The Morgan fingerprint density at radius 3 is 0.703 bits per heavy atom. The molecule has 0 aliphatic rings. The Hall–Kier alpha value is 1.11. The monoisotopic (exact) mass is 646 g/mol. The number of aliphatic carboxylic acids is 2. The fourth-order valence-electron chi connectivity index (χ4n) is 4.41. The number of hydrogen-bond acceptors (Lipinski definition) is 2. The first-order valence-corrected chi connectivity index (χ1v) is 15.5. The molecule has 0 radical (unpaired) electrons. The number of hydrogen-bond donors (Lipinski definition) is 2. The number of unbranched alkanes of at least 4 members (excludes halogenated alkanes) is 23. The Balaban J connectivity index is -0.000000283. The Kier molecular flexibility index (Phi) is 50.7. The van der Waals surface area contributed by atoms with E-state index in [1.165, 1.54) is 135 Å². The Bertz CT molecular complexity index is 435. The molecule has 0 aromatic heterocycles. The summed E-state index contributed by atoms with van der Waals surface area (Å²) in [5, 5.41) is 17.0. The fraction of sp³-hybridized carbons (Fsp3) is 0.935. The van der Waals surface area contributed by atoms with E-state index in [1.54, 1.807) is 0 Å². The van der Waals surface area contributed by atoms with Crippen LogP contribution in [0.15, 0.2) is 0 Å². The average Bonchev–Trinajstić information content (AvgIpc) is 2.83. The van der Waals surface area contributed by atoms with Gasteiger partial charge in [0, 0.05) is 12.8 Å². The van der Waals surface area contributed by atoms with E-state index in [-0.39, 0.29) is 67.7 Å². The molecule has 0 unspecified atom stereocenters. The molecule has 0 bridgehead atoms. The maximum absolute atomic E-state index is 10.3. The van der Waals surface area contributed by atoms with E-state index in [0.29, 0.717) is 12.8 Å². The molecular weight excluding hydrogens is 581 g/mol. The van der Waals surface area contributed by atoms with Crippen LogP contribution in [0.5, 0.6) is 0 Å². The fourth-order valence-corrected chi connectivity index (χ4v) is 4.41. The number of carboxylic acid groups (broad SMARTS) is 2. The molecule has 2 N–H and O–H groups in total. The molecule has 0 aromatic carbocycles. The van der Waals surface area contributed by atoms with Crippen molar-refractivity contribution in [3.05, 3.63) is 0 Å². The predicted molar refractivity (Wildman–Crippen MR) is 167 cm³/mol. The van der Waals surface area contributed by atoms with Gasteiger partial charge in [0.1, 0.15) is 0 Å². The van der Waals surface area contributed by atoms with Crippen molar-refractivity contribution in [1.29, 1.82) is 0 Å². The molecule has 0 spiro atoms. The Morgan fingerprint density at radius 1 is 0.378 bits per heavy atom. The maximum atomic E-state index is 10.3. The molecule has 6 heteroatoms. The van der Waals surface area contributed by atoms with Gasteiger partial charge in [-0.1, -0.05) is 162 Å². The zero-order valence-electron chi connectivity index (χ0n) is 23.8. The van der Waals surface area contributed by atoms with Gasteiger partial charge in [-0.05, 0) is 12.8 Å². The molecule has 0 saturated carbocycles. The van der Waals surface area contributed by atoms with Crippen LogP contribution in [0.4, 0.5) is 0 Å². The molecule has 0 aliphatic carbocycles. The first-order valence-electron chi connectivity index (χ1n) is 15.5. The van der Waals surface area contributed by atoms with Crippen molar-refractivity contribution in [3.8, 4) is 0 Å². The summed E-state index contributed by atoms with van der Waals surface area (Å²) in [4.78, 5) is 20.6. The summed E-state index contributed by atoms with van der Waals surface area (Å²) in [7, 11) is 0. The van der Waals surface area contributed by atoms with E-state index >= 15 is 0 Å². The minimum absolute atomic E-state index is 0. The molecule has 0 atom stereocenters. The number of carboxylic acids is 2. The Morgan fingerprint density at radius 2 is 0.541 bits per heavy atom. The minimum atomic E-state index is -0.657. The van der Waals surface area contributed by atoms with Gasteiger partial charge < -0.3 is 10.2 Å². The van der Waals surface area contributed by atoms with Crippen LogP contribution in [-0.4, -0.2) is 89.9 Å². The van der Waals surface area contributed by atoms with Crippen molar-refractivity contribution in [3.63, 3.8) is 0 Å². The van der Waals surface area contributed by atoms with Gasteiger partial charge in [0.05, 0.1) is 0 Å². The van der Waals surface area contributed by atoms with Crippen molar-refractivity contribution < 1.29 is 19.8 Å². The quantitative estimate of drug-likeness (QED) is 0.0690. The first kappa shape index (κ1) is 45.1. The van der Waals surface area contributed by atoms with Crippen LogP contribution in [0, 0.1) is 0 Å². The van der Waals surface area contributed by atoms with Crippen LogP contribution in [0.25, 0.3) is 0 Å². The number of carbonyl (C=O) groups is 2. The van der Waals surface area contributed by atoms with Gasteiger partial charge >= 0.3 is 79.7 Å². The van der Waals surface area contributed by atoms with Gasteiger partial charge in [-0.25, -0.2) is 0 Å². The van der Waals surface area contributed by atoms with Crippen LogP contribution in [0.3, 0.4) is 0 Å². The van der Waals surface area contributed by atoms with Gasteiger partial charge in [-0.3, -0.25) is 9.59 Å². The third-order valence-electron chi connectivity index (χ3n) is 6.74. The summed E-state index contributed by atoms with van der Waals surface area (Å²) in [6.45, 7) is 4.51. The second kappa shape index (κ2) is 41.6. The van der Waals surface area contributed by atoms with Crippen LogP contribution >= 0.6 is 0 Å². The molecular formula is C31H65BaLiO4. The molecule has 0 amide bonds. The van der Waals surface area contributed by atoms with E-state index < -0.39 is 11.9 Å². The topological polar surface area (TPSA) is 74.6 Å². The van der Waals surface area contributed by atoms with E-state index in [9.17, 15) is 9.59 Å². The molecule has 0 aromatic rings. The van der Waals surface area contributed by atoms with Crippen molar-refractivity contribution >= 4 is 79.7 Å². The molecule has 216 valence electrons. The summed E-state index contributed by atoms with van der Waals surface area (Å²) in [6, 6.07) is 0. The number of rotatable bonds is 27. The van der Waals surface area contributed by atoms with Crippen LogP contribution < -0.4 is 0 Å². The second-order valence-corrected chi connectivity index (χ2v) is 10.4. The normalized spacial score (nSPS) is 10.1. The zero-order chi connectivity index (χ0) is 26.2. The van der Waals surface area contributed by atoms with E-state index in [2.05, 4.69) is 13.8 Å². The van der Waals surface area contributed by atoms with Gasteiger partial charge in [-0.2, -0.15) is 0 Å². The van der Waals surface area contributed by atoms with E-state index in [4.69, 9.17) is 10.2 Å². The van der Waals surface area contributed by atoms with E-state index in [0.717, 1.165) is 25.7 Å². The van der Waals surface area contributed by atoms with Crippen LogP contribution in [-0.2, 0) is 9.59 Å². The molecule has 37 heavy (non-hydrogen) atoms. The standard InChI is InChI=1S/C17H34O2.C14H28O2.Ba.Li.3H/c1-2-3-4-5-6-7-8-9-10-11-12-13-14-15-16-17(18)19;1-2-3-4-5-6-7-8-9-10-11-12-13-14(15)16;;;;;/h2-16H2,1H3,(H,18,19);2-13H2,1H3,(H,15,16);;;;;. The van der Waals surface area contributed by atoms with Gasteiger partial charge in [-0.15, -0.1) is 0 Å². The van der Waals surface area contributed by atoms with E-state index in [1.807, 2.05) is 0 Å². The third kappa shape index (κ3) is 50.5. The van der Waals surface area contributed by atoms with Gasteiger partial charge in [0.15, 0.2) is 0 Å². The SMILES string of the molecule is CCCCCCCCCCCCCC(=O)O.CCCCCCCCCCCCCCCCC(=O)O.[BaH2].[LiH]. The van der Waals surface area contributed by atoms with Crippen molar-refractivity contribution in [2.45, 2.75) is 187 Å². The molecule has 0 rings (SSSR count). The summed E-state index contributed by atoms with van der Waals surface area (Å²) in [6.07, 6.45) is 33.1. The first-order chi connectivity index (χ1) is 17.0. The molecule has 4 nitrogen and oxygen atoms in total. The molecule has 0 fully saturated rings. The molecule has 0 saturated heterocycles. The summed E-state index contributed by atoms with van der Waals surface area (Å²) < 4.78 is 0. The van der Waals surface area contributed by atoms with Crippen molar-refractivity contribution in [2.75, 3.05) is 0 Å². The Labute approximate surface area is 283 Å². The predicted octanol–water partition coefficient (Wildman–Crippen LogP) is 9.15. The zero-order valence-corrected chi connectivity index (χ0v) is 23.8. The second-order valence-electron chi connectivity index (χ2n) is 10.4. The summed E-state index contributed by atoms with van der Waals surface area (Å²) >= 11 is 0. The van der Waals surface area contributed by atoms with Crippen LogP contribution in [0.2, 0.25) is 0 Å². The molecule has 0 aliphatic heterocycles. The summed E-state index contributed by atoms with van der Waals surface area (Å²) in [5.41, 5.74) is 0. The van der Waals surface area contributed by atoms with Crippen molar-refractivity contribution in [1.82, 2.24) is 0 Å². The average molecular weight is 646 g/mol. The van der Waals surface area contributed by atoms with Gasteiger partial charge in [0.2, 0.25) is 0 Å². The third-order valence-corrected chi connectivity index (χ3v) is 6.74. The summed E-state index contributed by atoms with van der Waals surface area (Å²) in [5.74, 6) is -1.31. The van der Waals surface area contributed by atoms with Crippen molar-refractivity contribution in [2.24, 2.45) is 0 Å².